The molecule has 3 rings (SSSR count). The summed E-state index contributed by atoms with van der Waals surface area (Å²) >= 11 is 0. The molecule has 2 aliphatic heterocycles. The lowest BCUT2D eigenvalue weighted by Crippen LogP contribution is -2.68. The van der Waals surface area contributed by atoms with Crippen LogP contribution in [0.5, 0.6) is 0 Å². The number of imide groups is 1. The van der Waals surface area contributed by atoms with E-state index in [0.29, 0.717) is 24.3 Å². The van der Waals surface area contributed by atoms with Crippen molar-refractivity contribution in [3.8, 4) is 0 Å². The summed E-state index contributed by atoms with van der Waals surface area (Å²) < 4.78 is 11.0. The molecule has 4 N–H and O–H groups in total. The summed E-state index contributed by atoms with van der Waals surface area (Å²) in [6.07, 6.45) is -3.17. The number of alkyl carbamates (subject to hydrolysis) is 1. The molecule has 4 amide bonds. The van der Waals surface area contributed by atoms with Gasteiger partial charge in [0, 0.05) is 6.42 Å². The number of carboxylic acids is 1. The minimum absolute atomic E-state index is 0.0817. The van der Waals surface area contributed by atoms with Crippen LogP contribution < -0.4 is 10.6 Å². The molecule has 13 nitrogen and oxygen atoms in total. The van der Waals surface area contributed by atoms with Gasteiger partial charge in [0.2, 0.25) is 5.91 Å². The smallest absolute Gasteiger partial charge is 0.419 e. The van der Waals surface area contributed by atoms with E-state index in [0.717, 1.165) is 10.5 Å². The Bertz CT molecular complexity index is 1190. The predicted molar refractivity (Wildman–Crippen MR) is 155 cm³/mol. The number of carbonyl (C=O) groups excluding carboxylic acids is 4. The third kappa shape index (κ3) is 8.90. The van der Waals surface area contributed by atoms with E-state index in [1.54, 1.807) is 41.5 Å². The fraction of sp³-hybridized carbons (Fsp3) is 0.633. The van der Waals surface area contributed by atoms with Gasteiger partial charge in [0.25, 0.3) is 5.91 Å². The van der Waals surface area contributed by atoms with E-state index in [1.807, 2.05) is 30.3 Å². The van der Waals surface area contributed by atoms with Gasteiger partial charge in [-0.15, -0.1) is 0 Å². The van der Waals surface area contributed by atoms with Crippen molar-refractivity contribution in [2.75, 3.05) is 13.1 Å². The number of hydrogen-bond donors (Lipinski definition) is 4. The number of likely N-dealkylation sites (tertiary alicyclic amines) is 1. The van der Waals surface area contributed by atoms with Crippen molar-refractivity contribution >= 4 is 30.0 Å². The number of benzene rings is 1. The first-order valence-corrected chi connectivity index (χ1v) is 14.5. The number of carboxylic acid groups (broad SMARTS) is 1. The Balaban J connectivity index is 2.07. The highest BCUT2D eigenvalue weighted by atomic mass is 16.6. The molecule has 0 aromatic heterocycles. The number of ether oxygens (including phenoxy) is 2. The van der Waals surface area contributed by atoms with Gasteiger partial charge in [-0.2, -0.15) is 0 Å². The lowest BCUT2D eigenvalue weighted by molar-refractivity contribution is -0.148. The molecule has 13 heteroatoms. The van der Waals surface area contributed by atoms with Crippen molar-refractivity contribution in [1.82, 2.24) is 20.4 Å². The average molecular weight is 605 g/mol. The Morgan fingerprint density at radius 1 is 1.07 bits per heavy atom. The summed E-state index contributed by atoms with van der Waals surface area (Å²) in [4.78, 5) is 68.6. The van der Waals surface area contributed by atoms with E-state index >= 15 is 0 Å². The maximum Gasteiger partial charge on any atom is 0.419 e. The van der Waals surface area contributed by atoms with Crippen LogP contribution in [0.4, 0.5) is 9.59 Å². The highest BCUT2D eigenvalue weighted by molar-refractivity contribution is 5.97. The van der Waals surface area contributed by atoms with Crippen LogP contribution in [0.3, 0.4) is 0 Å². The predicted octanol–water partition coefficient (Wildman–Crippen LogP) is 2.40. The van der Waals surface area contributed by atoms with Crippen LogP contribution in [-0.4, -0.2) is 98.1 Å². The number of aryl methyl sites for hydroxylation is 1. The molecule has 1 aromatic rings. The lowest BCUT2D eigenvalue weighted by atomic mass is 10.0. The van der Waals surface area contributed by atoms with Crippen molar-refractivity contribution in [2.45, 2.75) is 109 Å². The van der Waals surface area contributed by atoms with E-state index in [9.17, 15) is 34.2 Å². The number of hydrogen-bond acceptors (Lipinski definition) is 9. The Morgan fingerprint density at radius 2 is 1.70 bits per heavy atom. The SMILES string of the molecule is CC(C)(C)OC(=O)N[C@]1(N(C(=O)OC(C)(C)C)C(=O)[C@H](O)CCc2ccccc2)C[C@@H](C(=O)O)N(C(=O)[C@@H]2CCCN2)C1. The molecule has 2 fully saturated rings. The molecule has 2 heterocycles. The van der Waals surface area contributed by atoms with Gasteiger partial charge in [0.1, 0.15) is 29.0 Å². The molecule has 0 unspecified atom stereocenters. The second-order valence-electron chi connectivity index (χ2n) is 13.0. The molecule has 0 spiro atoms. The molecular formula is C30H44N4O9. The van der Waals surface area contributed by atoms with Gasteiger partial charge in [0.15, 0.2) is 0 Å². The number of aliphatic carboxylic acids is 1. The lowest BCUT2D eigenvalue weighted by Gasteiger charge is -2.41. The van der Waals surface area contributed by atoms with Crippen molar-refractivity contribution in [1.29, 1.82) is 0 Å². The van der Waals surface area contributed by atoms with Crippen LogP contribution in [0.25, 0.3) is 0 Å². The largest absolute Gasteiger partial charge is 0.480 e. The molecule has 2 aliphatic rings. The summed E-state index contributed by atoms with van der Waals surface area (Å²) in [6.45, 7) is 9.56. The molecule has 0 bridgehead atoms. The van der Waals surface area contributed by atoms with E-state index in [-0.39, 0.29) is 12.8 Å². The van der Waals surface area contributed by atoms with Crippen molar-refractivity contribution in [2.24, 2.45) is 0 Å². The van der Waals surface area contributed by atoms with Crippen LogP contribution >= 0.6 is 0 Å². The molecule has 0 aliphatic carbocycles. The highest BCUT2D eigenvalue weighted by Crippen LogP contribution is 2.35. The minimum atomic E-state index is -2.12. The maximum atomic E-state index is 14.0. The number of aliphatic hydroxyl groups is 1. The quantitative estimate of drug-likeness (QED) is 0.323. The number of nitrogens with zero attached hydrogens (tertiary/aromatic N) is 2. The fourth-order valence-corrected chi connectivity index (χ4v) is 5.24. The topological polar surface area (TPSA) is 175 Å². The zero-order valence-electron chi connectivity index (χ0n) is 25.7. The van der Waals surface area contributed by atoms with Gasteiger partial charge in [-0.3, -0.25) is 14.9 Å². The summed E-state index contributed by atoms with van der Waals surface area (Å²) in [6, 6.07) is 6.92. The molecule has 4 atom stereocenters. The van der Waals surface area contributed by atoms with E-state index in [1.165, 1.54) is 0 Å². The minimum Gasteiger partial charge on any atom is -0.480 e. The first-order valence-electron chi connectivity index (χ1n) is 14.5. The zero-order valence-corrected chi connectivity index (χ0v) is 25.7. The number of nitrogens with one attached hydrogen (secondary N) is 2. The van der Waals surface area contributed by atoms with Crippen molar-refractivity contribution in [3.05, 3.63) is 35.9 Å². The fourth-order valence-electron chi connectivity index (χ4n) is 5.24. The second-order valence-corrected chi connectivity index (χ2v) is 13.0. The zero-order chi connectivity index (χ0) is 32.2. The number of aliphatic hydroxyl groups excluding tert-OH is 1. The van der Waals surface area contributed by atoms with Crippen molar-refractivity contribution < 1.29 is 43.7 Å². The first-order chi connectivity index (χ1) is 19.9. The number of carbonyl (C=O) groups is 5. The summed E-state index contributed by atoms with van der Waals surface area (Å²) in [5, 5.41) is 26.8. The number of amides is 4. The molecule has 238 valence electrons. The maximum absolute atomic E-state index is 14.0. The third-order valence-corrected chi connectivity index (χ3v) is 7.06. The first kappa shape index (κ1) is 33.8. The van der Waals surface area contributed by atoms with Crippen LogP contribution in [0.2, 0.25) is 0 Å². The molecule has 1 aromatic carbocycles. The van der Waals surface area contributed by atoms with E-state index < -0.39 is 78.0 Å². The Morgan fingerprint density at radius 3 is 2.23 bits per heavy atom. The standard InChI is InChI=1S/C30H44N4O9/c1-28(2,3)42-26(40)32-30(17-21(25(38)39)33(18-30)23(36)20-13-10-16-31-20)34(27(41)43-29(4,5)6)24(37)22(35)15-14-19-11-8-7-9-12-19/h7-9,11-12,20-22,31,35H,10,13-18H2,1-6H3,(H,32,40)(H,38,39)/t20-,21-,22+,30-/m0/s1. The van der Waals surface area contributed by atoms with E-state index in [4.69, 9.17) is 9.47 Å². The monoisotopic (exact) mass is 604 g/mol. The van der Waals surface area contributed by atoms with Crippen LogP contribution in [0.1, 0.15) is 72.8 Å². The van der Waals surface area contributed by atoms with Crippen LogP contribution in [-0.2, 0) is 30.3 Å². The van der Waals surface area contributed by atoms with E-state index in [2.05, 4.69) is 10.6 Å². The highest BCUT2D eigenvalue weighted by Gasteiger charge is 2.59. The molecule has 2 saturated heterocycles. The second kappa shape index (κ2) is 13.3. The van der Waals surface area contributed by atoms with Gasteiger partial charge in [-0.1, -0.05) is 30.3 Å². The Hall–Kier alpha value is -3.71. The average Bonchev–Trinajstić information content (AvgIpc) is 3.54. The third-order valence-electron chi connectivity index (χ3n) is 7.06. The Kier molecular flexibility index (Phi) is 10.4. The van der Waals surface area contributed by atoms with Crippen LogP contribution in [0.15, 0.2) is 30.3 Å². The van der Waals surface area contributed by atoms with Gasteiger partial charge in [-0.05, 0) is 79.3 Å². The molecule has 0 saturated carbocycles. The summed E-state index contributed by atoms with van der Waals surface area (Å²) in [5.41, 5.74) is -3.37. The molecule has 0 radical (unpaired) electrons. The van der Waals surface area contributed by atoms with Crippen LogP contribution in [0, 0.1) is 0 Å². The van der Waals surface area contributed by atoms with Crippen molar-refractivity contribution in [3.63, 3.8) is 0 Å². The Labute approximate surface area is 251 Å². The normalized spacial score (nSPS) is 22.9. The molecule has 43 heavy (non-hydrogen) atoms. The summed E-state index contributed by atoms with van der Waals surface area (Å²) in [5.74, 6) is -3.04. The van der Waals surface area contributed by atoms with Gasteiger partial charge in [0.05, 0.1) is 12.6 Å². The molecular weight excluding hydrogens is 560 g/mol. The summed E-state index contributed by atoms with van der Waals surface area (Å²) in [7, 11) is 0. The van der Waals surface area contributed by atoms with Gasteiger partial charge in [-0.25, -0.2) is 19.3 Å². The number of rotatable bonds is 8. The van der Waals surface area contributed by atoms with Gasteiger partial charge >= 0.3 is 18.2 Å². The van der Waals surface area contributed by atoms with Gasteiger partial charge < -0.3 is 29.9 Å².